The van der Waals surface area contributed by atoms with Crippen molar-refractivity contribution in [1.82, 2.24) is 5.32 Å². The van der Waals surface area contributed by atoms with Crippen LogP contribution in [-0.2, 0) is 4.79 Å². The molecule has 0 saturated carbocycles. The summed E-state index contributed by atoms with van der Waals surface area (Å²) in [6, 6.07) is -0.534. The SMILES string of the molecule is CCCCC/C=C\C=C/CCCCCCCCCCCCC(=O)NC(CO)C(O)CCCCCCCCCCCCCC. The van der Waals surface area contributed by atoms with E-state index in [-0.39, 0.29) is 12.5 Å². The van der Waals surface area contributed by atoms with Gasteiger partial charge in [-0.05, 0) is 38.5 Å². The number of unbranched alkanes of at least 4 members (excludes halogenated alkanes) is 24. The van der Waals surface area contributed by atoms with E-state index in [1.54, 1.807) is 0 Å². The van der Waals surface area contributed by atoms with E-state index in [1.807, 2.05) is 0 Å². The van der Waals surface area contributed by atoms with Crippen molar-refractivity contribution in [3.8, 4) is 0 Å². The van der Waals surface area contributed by atoms with Gasteiger partial charge in [-0.2, -0.15) is 0 Å². The van der Waals surface area contributed by atoms with E-state index < -0.39 is 12.1 Å². The molecule has 254 valence electrons. The van der Waals surface area contributed by atoms with Crippen LogP contribution < -0.4 is 5.32 Å². The third-order valence-electron chi connectivity index (χ3n) is 8.74. The Morgan fingerprint density at radius 3 is 1.40 bits per heavy atom. The molecule has 0 rings (SSSR count). The number of rotatable bonds is 34. The van der Waals surface area contributed by atoms with Crippen LogP contribution in [-0.4, -0.2) is 34.9 Å². The molecule has 4 heteroatoms. The molecule has 0 fully saturated rings. The van der Waals surface area contributed by atoms with Gasteiger partial charge in [0.1, 0.15) is 0 Å². The third-order valence-corrected chi connectivity index (χ3v) is 8.74. The second-order valence-corrected chi connectivity index (χ2v) is 13.0. The highest BCUT2D eigenvalue weighted by Crippen LogP contribution is 2.15. The number of hydrogen-bond donors (Lipinski definition) is 3. The Morgan fingerprint density at radius 1 is 0.558 bits per heavy atom. The number of hydrogen-bond acceptors (Lipinski definition) is 3. The van der Waals surface area contributed by atoms with Gasteiger partial charge in [-0.1, -0.05) is 179 Å². The molecular formula is C39H75NO3. The number of amides is 1. The van der Waals surface area contributed by atoms with E-state index in [2.05, 4.69) is 43.5 Å². The van der Waals surface area contributed by atoms with Crippen LogP contribution in [0.1, 0.15) is 200 Å². The molecule has 1 amide bonds. The van der Waals surface area contributed by atoms with Crippen molar-refractivity contribution >= 4 is 5.91 Å². The van der Waals surface area contributed by atoms with E-state index in [1.165, 1.54) is 148 Å². The van der Waals surface area contributed by atoms with Gasteiger partial charge in [-0.25, -0.2) is 0 Å². The van der Waals surface area contributed by atoms with Gasteiger partial charge in [0.15, 0.2) is 0 Å². The summed E-state index contributed by atoms with van der Waals surface area (Å²) < 4.78 is 0. The lowest BCUT2D eigenvalue weighted by Gasteiger charge is -2.22. The molecule has 2 atom stereocenters. The molecule has 2 unspecified atom stereocenters. The first-order valence-electron chi connectivity index (χ1n) is 19.1. The van der Waals surface area contributed by atoms with Crippen molar-refractivity contribution < 1.29 is 15.0 Å². The lowest BCUT2D eigenvalue weighted by Crippen LogP contribution is -2.45. The number of nitrogens with one attached hydrogen (secondary N) is 1. The van der Waals surface area contributed by atoms with Crippen LogP contribution >= 0.6 is 0 Å². The summed E-state index contributed by atoms with van der Waals surface area (Å²) in [5.41, 5.74) is 0. The maximum atomic E-state index is 12.3. The van der Waals surface area contributed by atoms with E-state index in [9.17, 15) is 15.0 Å². The van der Waals surface area contributed by atoms with Gasteiger partial charge in [0, 0.05) is 6.42 Å². The van der Waals surface area contributed by atoms with Crippen molar-refractivity contribution in [2.45, 2.75) is 212 Å². The normalized spacial score (nSPS) is 13.3. The molecule has 0 aromatic carbocycles. The van der Waals surface area contributed by atoms with Crippen molar-refractivity contribution in [2.75, 3.05) is 6.61 Å². The fraction of sp³-hybridized carbons (Fsp3) is 0.872. The minimum Gasteiger partial charge on any atom is -0.394 e. The predicted octanol–water partition coefficient (Wildman–Crippen LogP) is 11.3. The molecular weight excluding hydrogens is 530 g/mol. The zero-order chi connectivity index (χ0) is 31.5. The van der Waals surface area contributed by atoms with Gasteiger partial charge >= 0.3 is 0 Å². The maximum absolute atomic E-state index is 12.3. The van der Waals surface area contributed by atoms with Crippen LogP contribution in [0.25, 0.3) is 0 Å². The molecule has 0 spiro atoms. The smallest absolute Gasteiger partial charge is 0.220 e. The van der Waals surface area contributed by atoms with Crippen LogP contribution in [0.2, 0.25) is 0 Å². The fourth-order valence-electron chi connectivity index (χ4n) is 5.76. The molecule has 3 N–H and O–H groups in total. The minimum absolute atomic E-state index is 0.0364. The van der Waals surface area contributed by atoms with E-state index >= 15 is 0 Å². The van der Waals surface area contributed by atoms with Gasteiger partial charge in [0.05, 0.1) is 18.8 Å². The average Bonchev–Trinajstić information content (AvgIpc) is 3.01. The molecule has 0 aliphatic carbocycles. The van der Waals surface area contributed by atoms with Crippen LogP contribution in [0.15, 0.2) is 24.3 Å². The first kappa shape index (κ1) is 41.9. The summed E-state index contributed by atoms with van der Waals surface area (Å²) in [6.45, 7) is 4.32. The zero-order valence-corrected chi connectivity index (χ0v) is 29.0. The molecule has 0 radical (unpaired) electrons. The zero-order valence-electron chi connectivity index (χ0n) is 29.0. The molecule has 0 aromatic rings. The Morgan fingerprint density at radius 2 is 0.930 bits per heavy atom. The molecule has 0 heterocycles. The number of aliphatic hydroxyl groups is 2. The second-order valence-electron chi connectivity index (χ2n) is 13.0. The number of aliphatic hydroxyl groups excluding tert-OH is 2. The summed E-state index contributed by atoms with van der Waals surface area (Å²) in [7, 11) is 0. The monoisotopic (exact) mass is 606 g/mol. The average molecular weight is 606 g/mol. The molecule has 0 aromatic heterocycles. The predicted molar refractivity (Wildman–Crippen MR) is 189 cm³/mol. The number of carbonyl (C=O) groups is 1. The quantitative estimate of drug-likeness (QED) is 0.0505. The van der Waals surface area contributed by atoms with Gasteiger partial charge in [0.25, 0.3) is 0 Å². The van der Waals surface area contributed by atoms with Crippen LogP contribution in [0.3, 0.4) is 0 Å². The first-order chi connectivity index (χ1) is 21.2. The summed E-state index contributed by atoms with van der Waals surface area (Å²) in [4.78, 5) is 12.3. The molecule has 43 heavy (non-hydrogen) atoms. The van der Waals surface area contributed by atoms with E-state index in [0.29, 0.717) is 12.8 Å². The maximum Gasteiger partial charge on any atom is 0.220 e. The fourth-order valence-corrected chi connectivity index (χ4v) is 5.76. The van der Waals surface area contributed by atoms with Crippen LogP contribution in [0, 0.1) is 0 Å². The van der Waals surface area contributed by atoms with Crippen molar-refractivity contribution in [1.29, 1.82) is 0 Å². The second kappa shape index (κ2) is 35.4. The van der Waals surface area contributed by atoms with Gasteiger partial charge in [-0.15, -0.1) is 0 Å². The summed E-state index contributed by atoms with van der Waals surface area (Å²) in [5.74, 6) is -0.0364. The Balaban J connectivity index is 3.54. The molecule has 4 nitrogen and oxygen atoms in total. The van der Waals surface area contributed by atoms with Gasteiger partial charge in [0.2, 0.25) is 5.91 Å². The van der Waals surface area contributed by atoms with Crippen LogP contribution in [0.5, 0.6) is 0 Å². The third kappa shape index (κ3) is 32.1. The highest BCUT2D eigenvalue weighted by atomic mass is 16.3. The van der Waals surface area contributed by atoms with E-state index in [0.717, 1.165) is 25.7 Å². The number of carbonyl (C=O) groups excluding carboxylic acids is 1. The van der Waals surface area contributed by atoms with Crippen molar-refractivity contribution in [3.63, 3.8) is 0 Å². The Bertz CT molecular complexity index is 618. The Hall–Kier alpha value is -1.13. The highest BCUT2D eigenvalue weighted by molar-refractivity contribution is 5.76. The highest BCUT2D eigenvalue weighted by Gasteiger charge is 2.19. The standard InChI is InChI=1S/C39H75NO3/c1-3-5-7-9-11-13-15-17-18-19-20-21-22-23-25-27-29-31-33-35-39(43)40-37(36-41)38(42)34-32-30-28-26-24-16-14-12-10-8-6-4-2/h11,13,15,17,37-38,41-42H,3-10,12,14,16,18-36H2,1-2H3,(H,40,43)/b13-11-,17-15-. The topological polar surface area (TPSA) is 69.6 Å². The van der Waals surface area contributed by atoms with Gasteiger partial charge in [-0.3, -0.25) is 4.79 Å². The molecule has 0 bridgehead atoms. The Kier molecular flexibility index (Phi) is 34.4. The van der Waals surface area contributed by atoms with Crippen LogP contribution in [0.4, 0.5) is 0 Å². The van der Waals surface area contributed by atoms with Crippen molar-refractivity contribution in [2.24, 2.45) is 0 Å². The summed E-state index contributed by atoms with van der Waals surface area (Å²) in [6.07, 6.45) is 43.7. The van der Waals surface area contributed by atoms with Crippen molar-refractivity contribution in [3.05, 3.63) is 24.3 Å². The van der Waals surface area contributed by atoms with Gasteiger partial charge < -0.3 is 15.5 Å². The largest absolute Gasteiger partial charge is 0.394 e. The molecule has 0 saturated heterocycles. The first-order valence-corrected chi connectivity index (χ1v) is 19.1. The summed E-state index contributed by atoms with van der Waals surface area (Å²) >= 11 is 0. The number of allylic oxidation sites excluding steroid dienone is 4. The Labute approximate surface area is 269 Å². The van der Waals surface area contributed by atoms with E-state index in [4.69, 9.17) is 0 Å². The lowest BCUT2D eigenvalue weighted by atomic mass is 10.0. The minimum atomic E-state index is -0.657. The lowest BCUT2D eigenvalue weighted by molar-refractivity contribution is -0.123. The molecule has 0 aliphatic heterocycles. The molecule has 0 aliphatic rings. The summed E-state index contributed by atoms with van der Waals surface area (Å²) in [5, 5.41) is 23.0.